The highest BCUT2D eigenvalue weighted by molar-refractivity contribution is 7.47. The Morgan fingerprint density at radius 3 is 1.09 bits per heavy atom. The van der Waals surface area contributed by atoms with E-state index in [1.807, 2.05) is 0 Å². The van der Waals surface area contributed by atoms with Crippen LogP contribution in [0.1, 0.15) is 219 Å². The van der Waals surface area contributed by atoms with E-state index in [4.69, 9.17) is 18.5 Å². The Balaban J connectivity index is 2.34. The number of allylic oxidation sites excluding steroid dienone is 16. The molecule has 430 valence electrons. The van der Waals surface area contributed by atoms with E-state index in [2.05, 4.69) is 111 Å². The maximum atomic E-state index is 12.9. The molecule has 1 aliphatic carbocycles. The molecular formula is C61H103O13P. The molecule has 0 amide bonds. The molecule has 0 saturated heterocycles. The van der Waals surface area contributed by atoms with Gasteiger partial charge in [-0.05, 0) is 89.9 Å². The standard InChI is InChI=1S/C61H103O13P/c1-3-5-7-9-11-13-15-17-19-21-23-25-27-29-31-33-35-37-39-41-43-45-47-49-54(62)71-51-53(52-72-75(69,70)74-61-59(67)57(65)56(64)58(66)60(61)68)73-55(63)50-48-46-44-42-40-38-36-34-32-30-28-26-24-22-20-18-16-14-12-10-8-6-4-2/h5-8,11-14,17-20,23-26,53,56-61,64-68H,3-4,9-10,15-16,21-22,27-52H2,1-2H3,(H,69,70)/b7-5-,8-6-,13-11-,14-12-,19-17-,20-18-,25-23-,26-24-. The number of carbonyl (C=O) groups excluding carboxylic acids is 2. The minimum absolute atomic E-state index is 0.0856. The Hall–Kier alpha value is -3.23. The summed E-state index contributed by atoms with van der Waals surface area (Å²) in [6.45, 7) is 3.10. The smallest absolute Gasteiger partial charge is 0.462 e. The first-order valence-electron chi connectivity index (χ1n) is 29.0. The maximum absolute atomic E-state index is 12.9. The molecule has 1 saturated carbocycles. The van der Waals surface area contributed by atoms with Crippen LogP contribution in [-0.4, -0.2) is 98.3 Å². The van der Waals surface area contributed by atoms with E-state index in [-0.39, 0.29) is 12.8 Å². The van der Waals surface area contributed by atoms with Crippen LogP contribution in [0.3, 0.4) is 0 Å². The van der Waals surface area contributed by atoms with E-state index in [9.17, 15) is 44.6 Å². The molecule has 0 aromatic carbocycles. The zero-order chi connectivity index (χ0) is 54.9. The number of hydrogen-bond donors (Lipinski definition) is 6. The zero-order valence-electron chi connectivity index (χ0n) is 46.3. The van der Waals surface area contributed by atoms with Gasteiger partial charge in [-0.1, -0.05) is 214 Å². The molecule has 0 aliphatic heterocycles. The van der Waals surface area contributed by atoms with Crippen LogP contribution in [0.4, 0.5) is 0 Å². The van der Waals surface area contributed by atoms with Crippen LogP contribution in [0, 0.1) is 0 Å². The highest BCUT2D eigenvalue weighted by atomic mass is 31.2. The van der Waals surface area contributed by atoms with Gasteiger partial charge in [-0.15, -0.1) is 0 Å². The van der Waals surface area contributed by atoms with Crippen molar-refractivity contribution in [2.75, 3.05) is 13.2 Å². The Kier molecular flexibility index (Phi) is 45.7. The predicted molar refractivity (Wildman–Crippen MR) is 304 cm³/mol. The second kappa shape index (κ2) is 49.1. The van der Waals surface area contributed by atoms with Crippen molar-refractivity contribution in [3.63, 3.8) is 0 Å². The maximum Gasteiger partial charge on any atom is 0.472 e. The molecule has 0 bridgehead atoms. The number of ether oxygens (including phenoxy) is 2. The molecule has 1 rings (SSSR count). The molecule has 1 aliphatic rings. The Morgan fingerprint density at radius 1 is 0.413 bits per heavy atom. The van der Waals surface area contributed by atoms with E-state index in [0.29, 0.717) is 12.8 Å². The van der Waals surface area contributed by atoms with Gasteiger partial charge in [-0.3, -0.25) is 18.6 Å². The van der Waals surface area contributed by atoms with Crippen LogP contribution in [0.15, 0.2) is 97.2 Å². The van der Waals surface area contributed by atoms with Gasteiger partial charge < -0.3 is 39.9 Å². The van der Waals surface area contributed by atoms with Crippen molar-refractivity contribution >= 4 is 19.8 Å². The van der Waals surface area contributed by atoms with Gasteiger partial charge in [0.25, 0.3) is 0 Å². The van der Waals surface area contributed by atoms with Gasteiger partial charge in [0, 0.05) is 12.8 Å². The fourth-order valence-electron chi connectivity index (χ4n) is 8.39. The monoisotopic (exact) mass is 1070 g/mol. The lowest BCUT2D eigenvalue weighted by Crippen LogP contribution is -2.64. The highest BCUT2D eigenvalue weighted by Gasteiger charge is 2.51. The van der Waals surface area contributed by atoms with Gasteiger partial charge >= 0.3 is 19.8 Å². The molecule has 6 unspecified atom stereocenters. The molecule has 0 spiro atoms. The largest absolute Gasteiger partial charge is 0.472 e. The summed E-state index contributed by atoms with van der Waals surface area (Å²) in [7, 11) is -5.14. The van der Waals surface area contributed by atoms with Gasteiger partial charge in [-0.25, -0.2) is 4.57 Å². The molecule has 6 N–H and O–H groups in total. The van der Waals surface area contributed by atoms with Crippen LogP contribution >= 0.6 is 7.82 Å². The van der Waals surface area contributed by atoms with Crippen molar-refractivity contribution in [2.24, 2.45) is 0 Å². The van der Waals surface area contributed by atoms with Crippen LogP contribution in [-0.2, 0) is 32.7 Å². The number of rotatable bonds is 48. The van der Waals surface area contributed by atoms with Crippen molar-refractivity contribution in [3.05, 3.63) is 97.2 Å². The Morgan fingerprint density at radius 2 is 0.720 bits per heavy atom. The quantitative estimate of drug-likeness (QED) is 0.0145. The summed E-state index contributed by atoms with van der Waals surface area (Å²) in [4.78, 5) is 36.0. The number of aliphatic hydroxyl groups is 5. The molecule has 0 aromatic rings. The molecule has 75 heavy (non-hydrogen) atoms. The number of carbonyl (C=O) groups is 2. The lowest BCUT2D eigenvalue weighted by molar-refractivity contribution is -0.220. The topological polar surface area (TPSA) is 210 Å². The van der Waals surface area contributed by atoms with Crippen LogP contribution in [0.2, 0.25) is 0 Å². The van der Waals surface area contributed by atoms with Crippen molar-refractivity contribution in [1.29, 1.82) is 0 Å². The third-order valence-corrected chi connectivity index (χ3v) is 13.9. The second-order valence-electron chi connectivity index (χ2n) is 19.7. The molecule has 14 heteroatoms. The van der Waals surface area contributed by atoms with E-state index in [0.717, 1.165) is 116 Å². The van der Waals surface area contributed by atoms with Gasteiger partial charge in [-0.2, -0.15) is 0 Å². The number of esters is 2. The van der Waals surface area contributed by atoms with Crippen molar-refractivity contribution in [1.82, 2.24) is 0 Å². The number of unbranched alkanes of at least 4 members (excludes halogenated alkanes) is 20. The second-order valence-corrected chi connectivity index (χ2v) is 21.1. The number of hydrogen-bond acceptors (Lipinski definition) is 12. The first kappa shape index (κ1) is 69.8. The first-order chi connectivity index (χ1) is 36.4. The van der Waals surface area contributed by atoms with Crippen molar-refractivity contribution in [2.45, 2.75) is 262 Å². The molecule has 6 atom stereocenters. The summed E-state index contributed by atoms with van der Waals surface area (Å²) >= 11 is 0. The molecular weight excluding hydrogens is 972 g/mol. The molecule has 1 fully saturated rings. The fraction of sp³-hybridized carbons (Fsp3) is 0.705. The number of phosphoric ester groups is 1. The van der Waals surface area contributed by atoms with E-state index in [1.54, 1.807) is 0 Å². The van der Waals surface area contributed by atoms with Crippen LogP contribution < -0.4 is 0 Å². The zero-order valence-corrected chi connectivity index (χ0v) is 47.2. The lowest BCUT2D eigenvalue weighted by atomic mass is 9.85. The number of aliphatic hydroxyl groups excluding tert-OH is 5. The lowest BCUT2D eigenvalue weighted by Gasteiger charge is -2.41. The normalized spacial score (nSPS) is 20.9. The van der Waals surface area contributed by atoms with Gasteiger partial charge in [0.2, 0.25) is 0 Å². The van der Waals surface area contributed by atoms with E-state index >= 15 is 0 Å². The van der Waals surface area contributed by atoms with Crippen molar-refractivity contribution < 1.29 is 63.1 Å². The molecule has 13 nitrogen and oxygen atoms in total. The van der Waals surface area contributed by atoms with Crippen molar-refractivity contribution in [3.8, 4) is 0 Å². The fourth-order valence-corrected chi connectivity index (χ4v) is 9.36. The third kappa shape index (κ3) is 40.6. The molecule has 0 aromatic heterocycles. The van der Waals surface area contributed by atoms with Crippen LogP contribution in [0.25, 0.3) is 0 Å². The SMILES string of the molecule is CC/C=C\C/C=C\C/C=C\C/C=C\CCCCCCCCCCCCC(=O)OCC(COP(=O)(O)OC1C(O)C(O)C(O)C(O)C1O)OC(=O)CCCCCCCCCCCC/C=C\C/C=C\C/C=C\C/C=C\CC. The summed E-state index contributed by atoms with van der Waals surface area (Å²) in [5, 5.41) is 50.4. The van der Waals surface area contributed by atoms with Gasteiger partial charge in [0.05, 0.1) is 6.61 Å². The molecule has 0 radical (unpaired) electrons. The minimum atomic E-state index is -5.14. The van der Waals surface area contributed by atoms with E-state index in [1.165, 1.54) is 64.2 Å². The van der Waals surface area contributed by atoms with E-state index < -0.39 is 75.7 Å². The summed E-state index contributed by atoms with van der Waals surface area (Å²) < 4.78 is 33.8. The van der Waals surface area contributed by atoms with Gasteiger partial charge in [0.1, 0.15) is 43.2 Å². The summed E-state index contributed by atoms with van der Waals surface area (Å²) in [6, 6.07) is 0. The summed E-state index contributed by atoms with van der Waals surface area (Å²) in [6.07, 6.45) is 54.4. The summed E-state index contributed by atoms with van der Waals surface area (Å²) in [5.41, 5.74) is 0. The molecule has 0 heterocycles. The predicted octanol–water partition coefficient (Wildman–Crippen LogP) is 13.7. The summed E-state index contributed by atoms with van der Waals surface area (Å²) in [5.74, 6) is -1.11. The average molecular weight is 1080 g/mol. The van der Waals surface area contributed by atoms with Gasteiger partial charge in [0.15, 0.2) is 6.10 Å². The minimum Gasteiger partial charge on any atom is -0.462 e. The first-order valence-corrected chi connectivity index (χ1v) is 30.5. The highest BCUT2D eigenvalue weighted by Crippen LogP contribution is 2.47. The Labute approximate surface area is 453 Å². The van der Waals surface area contributed by atoms with Crippen LogP contribution in [0.5, 0.6) is 0 Å². The number of phosphoric acid groups is 1. The Bertz CT molecular complexity index is 1670. The average Bonchev–Trinajstić information content (AvgIpc) is 3.39. The third-order valence-electron chi connectivity index (χ3n) is 12.9.